The standard InChI is InChI=1S/C19H25F2N5OS/c1-2-5-19(22,23)17(27)24-9-14-10-25-18(28)26(14)13-3-4-15-11(7-13)6-12(20)8-16(15)21/h6,8,10,13H,2-5,7,9,22-23H2,1H3,(H,24,27)(H,25,28). The first kappa shape index (κ1) is 20.6. The van der Waals surface area contributed by atoms with Gasteiger partial charge in [0, 0.05) is 18.3 Å². The molecule has 1 unspecified atom stereocenters. The van der Waals surface area contributed by atoms with Gasteiger partial charge in [-0.3, -0.25) is 4.79 Å². The van der Waals surface area contributed by atoms with Gasteiger partial charge in [-0.25, -0.2) is 8.78 Å². The number of aromatic nitrogens is 2. The lowest BCUT2D eigenvalue weighted by molar-refractivity contribution is -0.126. The largest absolute Gasteiger partial charge is 0.348 e. The lowest BCUT2D eigenvalue weighted by atomic mass is 9.87. The zero-order valence-electron chi connectivity index (χ0n) is 15.7. The predicted molar refractivity (Wildman–Crippen MR) is 105 cm³/mol. The van der Waals surface area contributed by atoms with Crippen molar-refractivity contribution in [3.8, 4) is 0 Å². The highest BCUT2D eigenvalue weighted by Crippen LogP contribution is 2.32. The third-order valence-corrected chi connectivity index (χ3v) is 5.52. The minimum absolute atomic E-state index is 0.0597. The molecule has 0 bridgehead atoms. The summed E-state index contributed by atoms with van der Waals surface area (Å²) >= 11 is 5.40. The summed E-state index contributed by atoms with van der Waals surface area (Å²) in [6.07, 6.45) is 4.40. The molecule has 2 aromatic rings. The fourth-order valence-corrected chi connectivity index (χ4v) is 4.15. The SMILES string of the molecule is CCCC(N)(N)C(=O)NCc1c[nH]c(=S)n1C1CCc2c(F)cc(F)cc2C1. The smallest absolute Gasteiger partial charge is 0.255 e. The molecule has 3 rings (SSSR count). The van der Waals surface area contributed by atoms with E-state index in [9.17, 15) is 13.6 Å². The molecule has 9 heteroatoms. The van der Waals surface area contributed by atoms with Gasteiger partial charge < -0.3 is 26.3 Å². The number of H-pyrrole nitrogens is 1. The maximum atomic E-state index is 14.0. The van der Waals surface area contributed by atoms with Gasteiger partial charge in [0.25, 0.3) is 5.91 Å². The van der Waals surface area contributed by atoms with Gasteiger partial charge in [0.15, 0.2) is 4.77 Å². The number of nitrogens with zero attached hydrogens (tertiary/aromatic N) is 1. The molecule has 1 amide bonds. The number of nitrogens with one attached hydrogen (secondary N) is 2. The molecule has 0 aliphatic heterocycles. The minimum Gasteiger partial charge on any atom is -0.348 e. The summed E-state index contributed by atoms with van der Waals surface area (Å²) in [5.41, 5.74) is 12.3. The number of hydrogen-bond acceptors (Lipinski definition) is 4. The van der Waals surface area contributed by atoms with Crippen molar-refractivity contribution < 1.29 is 13.6 Å². The summed E-state index contributed by atoms with van der Waals surface area (Å²) in [7, 11) is 0. The molecular formula is C19H25F2N5OS. The average Bonchev–Trinajstić information content (AvgIpc) is 2.99. The van der Waals surface area contributed by atoms with E-state index in [1.54, 1.807) is 6.20 Å². The van der Waals surface area contributed by atoms with Crippen LogP contribution < -0.4 is 16.8 Å². The summed E-state index contributed by atoms with van der Waals surface area (Å²) in [6, 6.07) is 2.24. The van der Waals surface area contributed by atoms with Crippen LogP contribution in [0, 0.1) is 16.4 Å². The average molecular weight is 410 g/mol. The number of imidazole rings is 1. The highest BCUT2D eigenvalue weighted by molar-refractivity contribution is 7.71. The number of fused-ring (bicyclic) bond motifs is 1. The van der Waals surface area contributed by atoms with E-state index >= 15 is 0 Å². The van der Waals surface area contributed by atoms with Gasteiger partial charge in [0.05, 0.1) is 12.2 Å². The summed E-state index contributed by atoms with van der Waals surface area (Å²) < 4.78 is 30.0. The molecule has 0 fully saturated rings. The molecule has 1 atom stereocenters. The third kappa shape index (κ3) is 4.16. The van der Waals surface area contributed by atoms with E-state index in [0.29, 0.717) is 48.0 Å². The van der Waals surface area contributed by atoms with Gasteiger partial charge in [-0.15, -0.1) is 0 Å². The number of hydrogen-bond donors (Lipinski definition) is 4. The molecule has 28 heavy (non-hydrogen) atoms. The van der Waals surface area contributed by atoms with Crippen LogP contribution >= 0.6 is 12.2 Å². The van der Waals surface area contributed by atoms with Gasteiger partial charge in [0.1, 0.15) is 17.3 Å². The van der Waals surface area contributed by atoms with Crippen molar-refractivity contribution in [3.63, 3.8) is 0 Å². The Bertz CT molecular complexity index is 937. The second kappa shape index (κ2) is 8.10. The Hall–Kier alpha value is -2.10. The van der Waals surface area contributed by atoms with Crippen molar-refractivity contribution in [2.75, 3.05) is 0 Å². The van der Waals surface area contributed by atoms with E-state index in [-0.39, 0.29) is 12.6 Å². The van der Waals surface area contributed by atoms with E-state index in [0.717, 1.165) is 11.8 Å². The lowest BCUT2D eigenvalue weighted by Gasteiger charge is -2.28. The number of aromatic amines is 1. The van der Waals surface area contributed by atoms with Crippen molar-refractivity contribution in [1.82, 2.24) is 14.9 Å². The maximum absolute atomic E-state index is 14.0. The van der Waals surface area contributed by atoms with Crippen LogP contribution in [0.1, 0.15) is 49.0 Å². The number of amides is 1. The van der Waals surface area contributed by atoms with Crippen LogP contribution in [-0.4, -0.2) is 21.1 Å². The molecule has 0 saturated carbocycles. The molecule has 152 valence electrons. The van der Waals surface area contributed by atoms with E-state index in [1.807, 2.05) is 11.5 Å². The lowest BCUT2D eigenvalue weighted by Crippen LogP contribution is -2.60. The van der Waals surface area contributed by atoms with Crippen LogP contribution in [0.4, 0.5) is 8.78 Å². The van der Waals surface area contributed by atoms with Crippen LogP contribution in [0.3, 0.4) is 0 Å². The molecule has 1 heterocycles. The molecule has 1 aliphatic rings. The maximum Gasteiger partial charge on any atom is 0.255 e. The van der Waals surface area contributed by atoms with Gasteiger partial charge in [-0.05, 0) is 55.1 Å². The number of benzene rings is 1. The molecule has 6 N–H and O–H groups in total. The molecule has 0 radical (unpaired) electrons. The predicted octanol–water partition coefficient (Wildman–Crippen LogP) is 2.58. The molecular weight excluding hydrogens is 384 g/mol. The number of nitrogens with two attached hydrogens (primary N) is 2. The zero-order valence-corrected chi connectivity index (χ0v) is 16.5. The van der Waals surface area contributed by atoms with Crippen LogP contribution in [-0.2, 0) is 24.2 Å². The molecule has 1 aromatic heterocycles. The van der Waals surface area contributed by atoms with E-state index in [2.05, 4.69) is 10.3 Å². The highest BCUT2D eigenvalue weighted by atomic mass is 32.1. The fraction of sp³-hybridized carbons (Fsp3) is 0.474. The Labute approximate surface area is 167 Å². The first-order valence-corrected chi connectivity index (χ1v) is 9.75. The number of halogens is 2. The highest BCUT2D eigenvalue weighted by Gasteiger charge is 2.29. The van der Waals surface area contributed by atoms with Crippen LogP contribution in [0.2, 0.25) is 0 Å². The van der Waals surface area contributed by atoms with Crippen LogP contribution in [0.15, 0.2) is 18.3 Å². The number of carbonyl (C=O) groups is 1. The summed E-state index contributed by atoms with van der Waals surface area (Å²) in [5, 5.41) is 2.76. The van der Waals surface area contributed by atoms with Crippen molar-refractivity contribution in [2.45, 2.75) is 57.3 Å². The van der Waals surface area contributed by atoms with Crippen molar-refractivity contribution in [2.24, 2.45) is 11.5 Å². The van der Waals surface area contributed by atoms with E-state index in [4.69, 9.17) is 23.7 Å². The summed E-state index contributed by atoms with van der Waals surface area (Å²) in [5.74, 6) is -1.52. The van der Waals surface area contributed by atoms with Crippen molar-refractivity contribution in [3.05, 3.63) is 51.6 Å². The van der Waals surface area contributed by atoms with E-state index in [1.165, 1.54) is 6.07 Å². The van der Waals surface area contributed by atoms with Gasteiger partial charge in [-0.1, -0.05) is 13.3 Å². The van der Waals surface area contributed by atoms with Crippen molar-refractivity contribution in [1.29, 1.82) is 0 Å². The third-order valence-electron chi connectivity index (χ3n) is 5.21. The first-order valence-electron chi connectivity index (χ1n) is 9.34. The second-order valence-electron chi connectivity index (χ2n) is 7.35. The topological polar surface area (TPSA) is 102 Å². The second-order valence-corrected chi connectivity index (χ2v) is 7.74. The molecule has 1 aliphatic carbocycles. The number of rotatable bonds is 6. The Kier molecular flexibility index (Phi) is 5.97. The Morgan fingerprint density at radius 2 is 2.18 bits per heavy atom. The Morgan fingerprint density at radius 1 is 1.43 bits per heavy atom. The molecule has 0 spiro atoms. The Morgan fingerprint density at radius 3 is 2.89 bits per heavy atom. The zero-order chi connectivity index (χ0) is 20.5. The molecule has 0 saturated heterocycles. The summed E-state index contributed by atoms with van der Waals surface area (Å²) in [6.45, 7) is 2.10. The molecule has 6 nitrogen and oxygen atoms in total. The minimum atomic E-state index is -1.43. The normalized spacial score (nSPS) is 16.7. The first-order chi connectivity index (χ1) is 13.2. The molecule has 1 aromatic carbocycles. The quantitative estimate of drug-likeness (QED) is 0.435. The monoisotopic (exact) mass is 409 g/mol. The number of carbonyl (C=O) groups excluding carboxylic acids is 1. The van der Waals surface area contributed by atoms with Crippen LogP contribution in [0.5, 0.6) is 0 Å². The van der Waals surface area contributed by atoms with Gasteiger partial charge >= 0.3 is 0 Å². The summed E-state index contributed by atoms with van der Waals surface area (Å²) in [4.78, 5) is 15.3. The van der Waals surface area contributed by atoms with Gasteiger partial charge in [0.2, 0.25) is 0 Å². The fourth-order valence-electron chi connectivity index (χ4n) is 3.82. The van der Waals surface area contributed by atoms with E-state index < -0.39 is 23.2 Å². The van der Waals surface area contributed by atoms with Crippen molar-refractivity contribution >= 4 is 18.1 Å². The Balaban J connectivity index is 1.78. The van der Waals surface area contributed by atoms with Gasteiger partial charge in [-0.2, -0.15) is 0 Å². The van der Waals surface area contributed by atoms with Crippen LogP contribution in [0.25, 0.3) is 0 Å².